The number of nitrogens with zero attached hydrogens (tertiary/aromatic N) is 1. The van der Waals surface area contributed by atoms with E-state index in [0.717, 1.165) is 23.4 Å². The quantitative estimate of drug-likeness (QED) is 0.432. The molecule has 0 bridgehead atoms. The molecular weight excluding hydrogens is 455 g/mol. The molecule has 2 heterocycles. The second-order valence-corrected chi connectivity index (χ2v) is 8.42. The number of halogens is 4. The molecular formula is C20H31ClF3N3O3S. The fourth-order valence-electron chi connectivity index (χ4n) is 3.25. The molecule has 1 aliphatic heterocycles. The average Bonchev–Trinajstić information content (AvgIpc) is 3.12. The van der Waals surface area contributed by atoms with Gasteiger partial charge < -0.3 is 16.2 Å². The summed E-state index contributed by atoms with van der Waals surface area (Å²) in [5.74, 6) is -0.0666. The van der Waals surface area contributed by atoms with Crippen LogP contribution in [0.2, 0.25) is 4.34 Å². The summed E-state index contributed by atoms with van der Waals surface area (Å²) >= 11 is 7.56. The van der Waals surface area contributed by atoms with Crippen LogP contribution in [-0.4, -0.2) is 61.0 Å². The number of thiophene rings is 1. The molecule has 31 heavy (non-hydrogen) atoms. The number of carbonyl (C=O) groups excluding carboxylic acids is 2. The van der Waals surface area contributed by atoms with E-state index in [1.165, 1.54) is 11.3 Å². The van der Waals surface area contributed by atoms with E-state index in [9.17, 15) is 23.1 Å². The predicted octanol–water partition coefficient (Wildman–Crippen LogP) is 3.94. The van der Waals surface area contributed by atoms with Gasteiger partial charge in [0.05, 0.1) is 10.4 Å². The highest BCUT2D eigenvalue weighted by atomic mass is 35.5. The molecule has 178 valence electrons. The number of aldehydes is 1. The van der Waals surface area contributed by atoms with Crippen molar-refractivity contribution in [3.63, 3.8) is 0 Å². The van der Waals surface area contributed by atoms with E-state index < -0.39 is 19.1 Å². The highest BCUT2D eigenvalue weighted by molar-refractivity contribution is 7.16. The zero-order chi connectivity index (χ0) is 24.4. The van der Waals surface area contributed by atoms with Crippen molar-refractivity contribution in [1.29, 1.82) is 0 Å². The first kappa shape index (κ1) is 29.4. The summed E-state index contributed by atoms with van der Waals surface area (Å²) in [6, 6.07) is 2.11. The van der Waals surface area contributed by atoms with Crippen LogP contribution < -0.4 is 11.1 Å². The van der Waals surface area contributed by atoms with Crippen molar-refractivity contribution in [2.75, 3.05) is 20.7 Å². The molecule has 3 atom stereocenters. The van der Waals surface area contributed by atoms with Crippen molar-refractivity contribution < 1.29 is 27.9 Å². The third-order valence-electron chi connectivity index (χ3n) is 4.70. The van der Waals surface area contributed by atoms with Gasteiger partial charge in [0.2, 0.25) is 6.29 Å². The molecule has 1 aliphatic rings. The first-order valence-corrected chi connectivity index (χ1v) is 11.0. The number of alkyl halides is 3. The first-order chi connectivity index (χ1) is 14.4. The van der Waals surface area contributed by atoms with E-state index >= 15 is 0 Å². The number of likely N-dealkylation sites (N-methyl/N-ethyl adjacent to an activating group) is 1. The van der Waals surface area contributed by atoms with Crippen molar-refractivity contribution in [3.8, 4) is 0 Å². The second-order valence-electron chi connectivity index (χ2n) is 6.70. The van der Waals surface area contributed by atoms with Gasteiger partial charge in [-0.05, 0) is 38.8 Å². The third-order valence-corrected chi connectivity index (χ3v) is 6.12. The number of hydrogen-bond acceptors (Lipinski definition) is 7. The maximum absolute atomic E-state index is 12.0. The second kappa shape index (κ2) is 13.7. The van der Waals surface area contributed by atoms with Gasteiger partial charge in [-0.3, -0.25) is 14.5 Å². The normalized spacial score (nSPS) is 21.9. The molecule has 3 unspecified atom stereocenters. The molecule has 0 aromatic carbocycles. The van der Waals surface area contributed by atoms with Gasteiger partial charge in [-0.1, -0.05) is 25.4 Å². The molecule has 0 spiro atoms. The van der Waals surface area contributed by atoms with E-state index in [1.807, 2.05) is 27.1 Å². The van der Waals surface area contributed by atoms with Gasteiger partial charge in [-0.15, -0.1) is 11.3 Å². The summed E-state index contributed by atoms with van der Waals surface area (Å²) in [7, 11) is 3.90. The van der Waals surface area contributed by atoms with Crippen LogP contribution in [0.1, 0.15) is 54.8 Å². The Labute approximate surface area is 190 Å². The monoisotopic (exact) mass is 485 g/mol. The fourth-order valence-corrected chi connectivity index (χ4v) is 4.63. The maximum Gasteiger partial charge on any atom is 0.446 e. The average molecular weight is 486 g/mol. The largest absolute Gasteiger partial charge is 0.446 e. The number of piperidine rings is 1. The van der Waals surface area contributed by atoms with Gasteiger partial charge in [0.1, 0.15) is 6.61 Å². The van der Waals surface area contributed by atoms with Crippen LogP contribution in [0.4, 0.5) is 13.2 Å². The van der Waals surface area contributed by atoms with Crippen molar-refractivity contribution >= 4 is 35.0 Å². The highest BCUT2D eigenvalue weighted by Crippen LogP contribution is 2.42. The molecule has 6 nitrogen and oxygen atoms in total. The molecule has 0 amide bonds. The Hall–Kier alpha value is -1.62. The number of nitrogens with one attached hydrogen (secondary N) is 1. The summed E-state index contributed by atoms with van der Waals surface area (Å²) in [6.45, 7) is 5.67. The van der Waals surface area contributed by atoms with Gasteiger partial charge in [0, 0.05) is 35.4 Å². The van der Waals surface area contributed by atoms with E-state index in [0.29, 0.717) is 15.9 Å². The van der Waals surface area contributed by atoms with Crippen LogP contribution in [0.5, 0.6) is 0 Å². The number of Topliss-reactive ketones (excluding diaryl/α,β-unsaturated/α-hetero) is 1. The molecule has 1 aromatic rings. The molecule has 2 rings (SSSR count). The van der Waals surface area contributed by atoms with Gasteiger partial charge in [0.25, 0.3) is 0 Å². The lowest BCUT2D eigenvalue weighted by Crippen LogP contribution is -2.47. The summed E-state index contributed by atoms with van der Waals surface area (Å²) < 4.78 is 31.8. The minimum atomic E-state index is -4.64. The Morgan fingerprint density at radius 2 is 1.97 bits per heavy atom. The molecule has 11 heteroatoms. The molecule has 1 aromatic heterocycles. The number of ketones is 1. The highest BCUT2D eigenvalue weighted by Gasteiger charge is 2.35. The van der Waals surface area contributed by atoms with E-state index in [2.05, 4.69) is 24.2 Å². The van der Waals surface area contributed by atoms with E-state index in [1.54, 1.807) is 6.07 Å². The Kier molecular flexibility index (Phi) is 13.0. The number of nitrogens with two attached hydrogens (primary N) is 1. The van der Waals surface area contributed by atoms with Crippen LogP contribution in [0.3, 0.4) is 0 Å². The molecule has 0 radical (unpaired) electrons. The van der Waals surface area contributed by atoms with E-state index in [4.69, 9.17) is 22.1 Å². The van der Waals surface area contributed by atoms with Crippen LogP contribution in [0, 0.1) is 0 Å². The van der Waals surface area contributed by atoms with Gasteiger partial charge in [-0.25, -0.2) is 0 Å². The molecule has 1 fully saturated rings. The third kappa shape index (κ3) is 9.18. The van der Waals surface area contributed by atoms with Crippen LogP contribution in [0.15, 0.2) is 18.0 Å². The summed E-state index contributed by atoms with van der Waals surface area (Å²) in [6.07, 6.45) is -2.12. The van der Waals surface area contributed by atoms with Gasteiger partial charge in [0.15, 0.2) is 5.78 Å². The minimum absolute atomic E-state index is 0.106. The van der Waals surface area contributed by atoms with Gasteiger partial charge in [-0.2, -0.15) is 13.2 Å². The van der Waals surface area contributed by atoms with Crippen LogP contribution >= 0.6 is 22.9 Å². The van der Waals surface area contributed by atoms with Crippen molar-refractivity contribution in [3.05, 3.63) is 32.7 Å². The zero-order valence-electron chi connectivity index (χ0n) is 18.3. The Balaban J connectivity index is 0.000000970. The Morgan fingerprint density at radius 1 is 1.42 bits per heavy atom. The predicted molar refractivity (Wildman–Crippen MR) is 119 cm³/mol. The van der Waals surface area contributed by atoms with Gasteiger partial charge >= 0.3 is 6.18 Å². The first-order valence-electron chi connectivity index (χ1n) is 9.76. The topological polar surface area (TPSA) is 95.7 Å². The summed E-state index contributed by atoms with van der Waals surface area (Å²) in [4.78, 5) is 23.9. The number of likely N-dealkylation sites (tertiary alicyclic amines) is 1. The minimum Gasteiger partial charge on any atom is -0.400 e. The lowest BCUT2D eigenvalue weighted by atomic mass is 9.83. The molecule has 0 saturated carbocycles. The zero-order valence-corrected chi connectivity index (χ0v) is 19.9. The molecule has 4 N–H and O–H groups in total. The Bertz CT molecular complexity index is 741. The lowest BCUT2D eigenvalue weighted by Gasteiger charge is -2.42. The maximum atomic E-state index is 12.0. The number of hydrogen-bond donors (Lipinski definition) is 3. The van der Waals surface area contributed by atoms with Crippen molar-refractivity contribution in [2.24, 2.45) is 5.73 Å². The number of aliphatic hydroxyl groups excluding tert-OH is 1. The van der Waals surface area contributed by atoms with Crippen LogP contribution in [0.25, 0.3) is 0 Å². The van der Waals surface area contributed by atoms with Crippen LogP contribution in [-0.2, 0) is 4.79 Å². The fraction of sp³-hybridized carbons (Fsp3) is 0.600. The van der Waals surface area contributed by atoms with Crippen molar-refractivity contribution in [2.45, 2.75) is 57.8 Å². The summed E-state index contributed by atoms with van der Waals surface area (Å²) in [5.41, 5.74) is 7.54. The van der Waals surface area contributed by atoms with E-state index in [-0.39, 0.29) is 17.7 Å². The smallest absolute Gasteiger partial charge is 0.400 e. The number of carbonyl (C=O) groups is 2. The summed E-state index contributed by atoms with van der Waals surface area (Å²) in [5, 5.41) is 12.2. The standard InChI is InChI=1S/C16H24ClN3O2S.C2HF3O.C2H6/c1-9-4-10(5-13(20(9)3)12(18)7-19-2)16-11(14(22)8-21)6-15(17)23-16;3-2(4,5)1-6;1-2/h6-7,9-10,13,19,21H,4-5,8,18H2,1-3H3;1H;1-2H3/b12-7-;;. The van der Waals surface area contributed by atoms with Crippen molar-refractivity contribution in [1.82, 2.24) is 10.2 Å². The molecule has 0 aliphatic carbocycles. The Morgan fingerprint density at radius 3 is 2.42 bits per heavy atom. The molecule has 1 saturated heterocycles. The lowest BCUT2D eigenvalue weighted by molar-refractivity contribution is -0.156. The SMILES string of the molecule is CC.CN/C=C(\N)C1CC(c2sc(Cl)cc2C(=O)CO)CC(C)N1C.O=CC(F)(F)F. The number of aliphatic hydroxyl groups is 1. The number of rotatable bonds is 5.